The van der Waals surface area contributed by atoms with Gasteiger partial charge < -0.3 is 9.57 Å². The molecule has 0 amide bonds. The monoisotopic (exact) mass is 287 g/mol. The Morgan fingerprint density at radius 3 is 2.57 bits per heavy atom. The van der Waals surface area contributed by atoms with E-state index in [1.54, 1.807) is 6.92 Å². The number of benzene rings is 1. The van der Waals surface area contributed by atoms with Gasteiger partial charge in [0.2, 0.25) is 0 Å². The lowest BCUT2D eigenvalue weighted by Crippen LogP contribution is -2.04. The lowest BCUT2D eigenvalue weighted by Gasteiger charge is -2.03. The second-order valence-electron chi connectivity index (χ2n) is 4.01. The van der Waals surface area contributed by atoms with Crippen LogP contribution >= 0.6 is 0 Å². The minimum absolute atomic E-state index is 0.302. The Balaban J connectivity index is 2.69. The summed E-state index contributed by atoms with van der Waals surface area (Å²) in [6.07, 6.45) is 0.873. The van der Waals surface area contributed by atoms with E-state index in [1.165, 1.54) is 6.92 Å². The SMILES string of the molecule is CCOC(=O)C#CCC/C(=N/OC(C)=O)c1ccccc1. The first-order valence-electron chi connectivity index (χ1n) is 6.59. The summed E-state index contributed by atoms with van der Waals surface area (Å²) in [7, 11) is 0. The second kappa shape index (κ2) is 9.32. The standard InChI is InChI=1S/C16H17NO4/c1-3-20-16(19)12-8-7-11-15(17-21-13(2)18)14-9-5-4-6-10-14/h4-6,9-10H,3,7,11H2,1-2H3/b17-15-. The third kappa shape index (κ3) is 6.92. The second-order valence-corrected chi connectivity index (χ2v) is 4.01. The Morgan fingerprint density at radius 1 is 1.24 bits per heavy atom. The fourth-order valence-corrected chi connectivity index (χ4v) is 1.48. The van der Waals surface area contributed by atoms with Crippen LogP contribution in [-0.4, -0.2) is 24.3 Å². The number of carbonyl (C=O) groups excluding carboxylic acids is 2. The molecule has 0 N–H and O–H groups in total. The van der Waals surface area contributed by atoms with Gasteiger partial charge in [0, 0.05) is 25.7 Å². The molecule has 5 heteroatoms. The van der Waals surface area contributed by atoms with Gasteiger partial charge in [0.15, 0.2) is 0 Å². The molecule has 1 rings (SSSR count). The molecule has 1 aromatic carbocycles. The molecule has 110 valence electrons. The maximum absolute atomic E-state index is 11.1. The zero-order valence-corrected chi connectivity index (χ0v) is 12.1. The van der Waals surface area contributed by atoms with Gasteiger partial charge in [0.05, 0.1) is 12.3 Å². The molecule has 0 heterocycles. The largest absolute Gasteiger partial charge is 0.456 e. The molecule has 1 aromatic rings. The summed E-state index contributed by atoms with van der Waals surface area (Å²) in [4.78, 5) is 26.6. The van der Waals surface area contributed by atoms with Crippen LogP contribution in [0.1, 0.15) is 32.3 Å². The van der Waals surface area contributed by atoms with Crippen molar-refractivity contribution in [2.24, 2.45) is 5.16 Å². The number of ether oxygens (including phenoxy) is 1. The Morgan fingerprint density at radius 2 is 1.95 bits per heavy atom. The highest BCUT2D eigenvalue weighted by Gasteiger charge is 2.04. The highest BCUT2D eigenvalue weighted by Crippen LogP contribution is 2.07. The van der Waals surface area contributed by atoms with Crippen LogP contribution in [0.2, 0.25) is 0 Å². The fourth-order valence-electron chi connectivity index (χ4n) is 1.48. The van der Waals surface area contributed by atoms with E-state index in [0.29, 0.717) is 25.2 Å². The number of oxime groups is 1. The van der Waals surface area contributed by atoms with Crippen molar-refractivity contribution >= 4 is 17.7 Å². The van der Waals surface area contributed by atoms with E-state index in [2.05, 4.69) is 21.8 Å². The van der Waals surface area contributed by atoms with Gasteiger partial charge in [-0.1, -0.05) is 41.4 Å². The van der Waals surface area contributed by atoms with Gasteiger partial charge in [-0.3, -0.25) is 0 Å². The molecule has 0 saturated carbocycles. The van der Waals surface area contributed by atoms with Gasteiger partial charge in [-0.2, -0.15) is 0 Å². The maximum atomic E-state index is 11.1. The van der Waals surface area contributed by atoms with Crippen molar-refractivity contribution < 1.29 is 19.2 Å². The van der Waals surface area contributed by atoms with Crippen LogP contribution in [-0.2, 0) is 19.2 Å². The quantitative estimate of drug-likeness (QED) is 0.208. The first-order valence-corrected chi connectivity index (χ1v) is 6.59. The average Bonchev–Trinajstić information content (AvgIpc) is 2.47. The van der Waals surface area contributed by atoms with Gasteiger partial charge >= 0.3 is 11.9 Å². The molecule has 0 fully saturated rings. The van der Waals surface area contributed by atoms with Crippen LogP contribution in [0, 0.1) is 11.8 Å². The number of nitrogens with zero attached hydrogens (tertiary/aromatic N) is 1. The molecule has 0 aliphatic carbocycles. The molecule has 0 aliphatic rings. The molecule has 0 aromatic heterocycles. The molecule has 0 unspecified atom stereocenters. The Hall–Kier alpha value is -2.61. The van der Waals surface area contributed by atoms with E-state index in [1.807, 2.05) is 30.3 Å². The van der Waals surface area contributed by atoms with Crippen molar-refractivity contribution in [2.45, 2.75) is 26.7 Å². The van der Waals surface area contributed by atoms with Crippen molar-refractivity contribution in [3.8, 4) is 11.8 Å². The molecule has 0 radical (unpaired) electrons. The molecule has 5 nitrogen and oxygen atoms in total. The third-order valence-electron chi connectivity index (χ3n) is 2.34. The normalized spacial score (nSPS) is 10.3. The van der Waals surface area contributed by atoms with Crippen LogP contribution in [0.25, 0.3) is 0 Å². The van der Waals surface area contributed by atoms with E-state index in [-0.39, 0.29) is 0 Å². The first kappa shape index (κ1) is 16.4. The zero-order valence-electron chi connectivity index (χ0n) is 12.1. The van der Waals surface area contributed by atoms with E-state index in [9.17, 15) is 9.59 Å². The lowest BCUT2D eigenvalue weighted by atomic mass is 10.1. The van der Waals surface area contributed by atoms with Crippen LogP contribution in [0.15, 0.2) is 35.5 Å². The minimum atomic E-state index is -0.546. The highest BCUT2D eigenvalue weighted by molar-refractivity contribution is 6.00. The van der Waals surface area contributed by atoms with Gasteiger partial charge in [-0.05, 0) is 12.5 Å². The Bertz CT molecular complexity index is 567. The first-order chi connectivity index (χ1) is 10.1. The van der Waals surface area contributed by atoms with E-state index in [0.717, 1.165) is 5.56 Å². The van der Waals surface area contributed by atoms with Gasteiger partial charge in [0.25, 0.3) is 0 Å². The summed E-state index contributed by atoms with van der Waals surface area (Å²) < 4.78 is 4.70. The maximum Gasteiger partial charge on any atom is 0.384 e. The highest BCUT2D eigenvalue weighted by atomic mass is 16.7. The predicted molar refractivity (Wildman–Crippen MR) is 78.4 cm³/mol. The number of carbonyl (C=O) groups is 2. The lowest BCUT2D eigenvalue weighted by molar-refractivity contribution is -0.141. The third-order valence-corrected chi connectivity index (χ3v) is 2.34. The van der Waals surface area contributed by atoms with Crippen LogP contribution < -0.4 is 0 Å². The average molecular weight is 287 g/mol. The van der Waals surface area contributed by atoms with Crippen molar-refractivity contribution in [3.63, 3.8) is 0 Å². The molecule has 0 bridgehead atoms. The van der Waals surface area contributed by atoms with E-state index >= 15 is 0 Å². The summed E-state index contributed by atoms with van der Waals surface area (Å²) in [5.41, 5.74) is 1.45. The van der Waals surface area contributed by atoms with Gasteiger partial charge in [0.1, 0.15) is 0 Å². The molecule has 0 saturated heterocycles. The Kier molecular flexibility index (Phi) is 7.30. The van der Waals surface area contributed by atoms with Crippen molar-refractivity contribution in [1.82, 2.24) is 0 Å². The predicted octanol–water partition coefficient (Wildman–Crippen LogP) is 2.30. The van der Waals surface area contributed by atoms with E-state index < -0.39 is 11.9 Å². The smallest absolute Gasteiger partial charge is 0.384 e. The number of hydrogen-bond acceptors (Lipinski definition) is 5. The van der Waals surface area contributed by atoms with Crippen molar-refractivity contribution in [1.29, 1.82) is 0 Å². The summed E-state index contributed by atoms with van der Waals surface area (Å²) in [5, 5.41) is 3.83. The van der Waals surface area contributed by atoms with Gasteiger partial charge in [-0.25, -0.2) is 9.59 Å². The molecule has 21 heavy (non-hydrogen) atoms. The molecule has 0 spiro atoms. The van der Waals surface area contributed by atoms with Crippen LogP contribution in [0.5, 0.6) is 0 Å². The fraction of sp³-hybridized carbons (Fsp3) is 0.312. The number of rotatable bonds is 5. The van der Waals surface area contributed by atoms with Gasteiger partial charge in [-0.15, -0.1) is 0 Å². The summed E-state index contributed by atoms with van der Waals surface area (Å²) in [5.74, 6) is 4.06. The van der Waals surface area contributed by atoms with Crippen molar-refractivity contribution in [2.75, 3.05) is 6.61 Å². The van der Waals surface area contributed by atoms with Crippen molar-refractivity contribution in [3.05, 3.63) is 35.9 Å². The summed E-state index contributed by atoms with van der Waals surface area (Å²) >= 11 is 0. The number of esters is 1. The molecule has 0 atom stereocenters. The summed E-state index contributed by atoms with van der Waals surface area (Å²) in [6, 6.07) is 9.33. The van der Waals surface area contributed by atoms with E-state index in [4.69, 9.17) is 4.74 Å². The Labute approximate surface area is 123 Å². The topological polar surface area (TPSA) is 65.0 Å². The number of hydrogen-bond donors (Lipinski definition) is 0. The minimum Gasteiger partial charge on any atom is -0.456 e. The van der Waals surface area contributed by atoms with Crippen LogP contribution in [0.3, 0.4) is 0 Å². The molecular formula is C16H17NO4. The molecular weight excluding hydrogens is 270 g/mol. The van der Waals surface area contributed by atoms with Crippen LogP contribution in [0.4, 0.5) is 0 Å². The molecule has 0 aliphatic heterocycles. The summed E-state index contributed by atoms with van der Waals surface area (Å²) in [6.45, 7) is 3.31. The zero-order chi connectivity index (χ0) is 15.5.